The molecule has 1 heterocycles. The second-order valence-corrected chi connectivity index (χ2v) is 10.4. The highest BCUT2D eigenvalue weighted by atomic mass is 32.2. The molecule has 184 valence electrons. The molecule has 0 fully saturated rings. The third kappa shape index (κ3) is 5.34. The Morgan fingerprint density at radius 2 is 1.92 bits per heavy atom. The van der Waals surface area contributed by atoms with Crippen LogP contribution in [0.3, 0.4) is 0 Å². The molecule has 3 aromatic rings. The summed E-state index contributed by atoms with van der Waals surface area (Å²) in [5.74, 6) is 2.33. The van der Waals surface area contributed by atoms with Crippen LogP contribution in [0.25, 0.3) is 0 Å². The molecule has 0 unspecified atom stereocenters. The Kier molecular flexibility index (Phi) is 7.42. The summed E-state index contributed by atoms with van der Waals surface area (Å²) in [6.07, 6.45) is 6.10. The molecule has 2 N–H and O–H groups in total. The zero-order chi connectivity index (χ0) is 24.9. The number of hydrogen-bond acceptors (Lipinski definition) is 5. The van der Waals surface area contributed by atoms with Gasteiger partial charge in [-0.15, -0.1) is 11.8 Å². The number of allylic oxidation sites excluding steroid dienone is 2. The summed E-state index contributed by atoms with van der Waals surface area (Å²) >= 11 is 1.67. The van der Waals surface area contributed by atoms with E-state index in [0.717, 1.165) is 34.9 Å². The Labute approximate surface area is 217 Å². The van der Waals surface area contributed by atoms with Gasteiger partial charge in [0, 0.05) is 28.7 Å². The zero-order valence-corrected chi connectivity index (χ0v) is 21.4. The molecule has 3 atom stereocenters. The van der Waals surface area contributed by atoms with Crippen molar-refractivity contribution in [2.45, 2.75) is 36.6 Å². The Bertz CT molecular complexity index is 1270. The summed E-state index contributed by atoms with van der Waals surface area (Å²) < 4.78 is 5.34. The van der Waals surface area contributed by atoms with E-state index in [9.17, 15) is 4.79 Å². The molecule has 0 radical (unpaired) electrons. The van der Waals surface area contributed by atoms with Gasteiger partial charge in [0.25, 0.3) is 0 Å². The van der Waals surface area contributed by atoms with Crippen LogP contribution in [0.5, 0.6) is 5.75 Å². The molecule has 0 spiro atoms. The fraction of sp³-hybridized carbons (Fsp3) is 0.267. The number of amides is 1. The van der Waals surface area contributed by atoms with Gasteiger partial charge in [-0.2, -0.15) is 5.10 Å². The molecule has 1 amide bonds. The van der Waals surface area contributed by atoms with E-state index in [2.05, 4.69) is 70.5 Å². The molecule has 3 aromatic carbocycles. The first-order valence-corrected chi connectivity index (χ1v) is 13.3. The first-order chi connectivity index (χ1) is 17.6. The van der Waals surface area contributed by atoms with Crippen LogP contribution in [0.15, 0.2) is 94.9 Å². The molecule has 6 heteroatoms. The number of rotatable bonds is 8. The molecule has 5 rings (SSSR count). The van der Waals surface area contributed by atoms with Crippen molar-refractivity contribution in [1.29, 1.82) is 0 Å². The predicted molar refractivity (Wildman–Crippen MR) is 148 cm³/mol. The van der Waals surface area contributed by atoms with Crippen LogP contribution in [-0.2, 0) is 4.79 Å². The molecule has 5 nitrogen and oxygen atoms in total. The fourth-order valence-electron chi connectivity index (χ4n) is 5.01. The van der Waals surface area contributed by atoms with E-state index < -0.39 is 0 Å². The van der Waals surface area contributed by atoms with Crippen molar-refractivity contribution in [1.82, 2.24) is 5.43 Å². The lowest BCUT2D eigenvalue weighted by Gasteiger charge is -2.37. The van der Waals surface area contributed by atoms with Crippen molar-refractivity contribution in [2.75, 3.05) is 18.2 Å². The van der Waals surface area contributed by atoms with Gasteiger partial charge in [0.1, 0.15) is 5.75 Å². The number of fused-ring (bicyclic) bond motifs is 3. The maximum Gasteiger partial charge on any atom is 0.240 e. The lowest BCUT2D eigenvalue weighted by molar-refractivity contribution is -0.120. The van der Waals surface area contributed by atoms with Crippen molar-refractivity contribution in [3.63, 3.8) is 0 Å². The van der Waals surface area contributed by atoms with E-state index in [4.69, 9.17) is 4.74 Å². The topological polar surface area (TPSA) is 62.7 Å². The van der Waals surface area contributed by atoms with Gasteiger partial charge < -0.3 is 10.1 Å². The van der Waals surface area contributed by atoms with Crippen LogP contribution in [0, 0.1) is 5.92 Å². The molecule has 0 saturated heterocycles. The Hall–Kier alpha value is -3.51. The molecule has 0 aromatic heterocycles. The minimum absolute atomic E-state index is 0.0708. The molecule has 1 aliphatic heterocycles. The predicted octanol–water partition coefficient (Wildman–Crippen LogP) is 6.54. The average Bonchev–Trinajstić information content (AvgIpc) is 3.42. The van der Waals surface area contributed by atoms with E-state index in [1.54, 1.807) is 18.9 Å². The van der Waals surface area contributed by atoms with E-state index in [0.29, 0.717) is 18.3 Å². The third-order valence-corrected chi connectivity index (χ3v) is 7.96. The summed E-state index contributed by atoms with van der Waals surface area (Å²) in [5, 5.41) is 8.17. The minimum atomic E-state index is -0.0708. The Morgan fingerprint density at radius 3 is 2.69 bits per heavy atom. The van der Waals surface area contributed by atoms with Crippen molar-refractivity contribution < 1.29 is 9.53 Å². The molecular formula is C30H31N3O2S. The van der Waals surface area contributed by atoms with Crippen LogP contribution in [0.4, 0.5) is 5.69 Å². The Balaban J connectivity index is 1.25. The Morgan fingerprint density at radius 1 is 1.11 bits per heavy atom. The standard InChI is InChI=1S/C30H31N3O2S/c1-20(32-33-29(34)17-18-36-24-7-4-3-5-8-24)22-13-16-28-27(19-22)25-9-6-10-26(25)30(31-28)21-11-14-23(35-2)15-12-21/h3-9,11-16,19,25-26,30-31H,10,17-18H2,1-2H3,(H,33,34)/b32-20-/t25-,26+,30+/m1/s1. The van der Waals surface area contributed by atoms with Gasteiger partial charge in [-0.3, -0.25) is 4.79 Å². The summed E-state index contributed by atoms with van der Waals surface area (Å²) in [6, 6.07) is 25.2. The largest absolute Gasteiger partial charge is 0.497 e. The van der Waals surface area contributed by atoms with Crippen LogP contribution in [-0.4, -0.2) is 24.5 Å². The first kappa shape index (κ1) is 24.2. The summed E-state index contributed by atoms with van der Waals surface area (Å²) in [7, 11) is 1.69. The number of nitrogens with zero attached hydrogens (tertiary/aromatic N) is 1. The third-order valence-electron chi connectivity index (χ3n) is 6.94. The summed E-state index contributed by atoms with van der Waals surface area (Å²) in [6.45, 7) is 1.94. The quantitative estimate of drug-likeness (QED) is 0.160. The SMILES string of the molecule is COc1ccc([C@@H]2Nc3ccc(/C(C)=N\NC(=O)CCSc4ccccc4)cc3[C@@H]3C=CC[C@@H]32)cc1. The highest BCUT2D eigenvalue weighted by molar-refractivity contribution is 7.99. The number of ether oxygens (including phenoxy) is 1. The van der Waals surface area contributed by atoms with Crippen molar-refractivity contribution >= 4 is 29.1 Å². The van der Waals surface area contributed by atoms with Crippen molar-refractivity contribution in [3.05, 3.63) is 102 Å². The molecule has 2 aliphatic rings. The number of thioether (sulfide) groups is 1. The summed E-state index contributed by atoms with van der Waals surface area (Å²) in [5.41, 5.74) is 8.27. The van der Waals surface area contributed by atoms with Crippen LogP contribution < -0.4 is 15.5 Å². The number of benzene rings is 3. The normalized spacial score (nSPS) is 20.3. The van der Waals surface area contributed by atoms with E-state index in [1.807, 2.05) is 37.3 Å². The van der Waals surface area contributed by atoms with Gasteiger partial charge in [-0.05, 0) is 72.4 Å². The van der Waals surface area contributed by atoms with Gasteiger partial charge in [0.15, 0.2) is 0 Å². The number of methoxy groups -OCH3 is 1. The highest BCUT2D eigenvalue weighted by Gasteiger charge is 2.38. The highest BCUT2D eigenvalue weighted by Crippen LogP contribution is 2.50. The van der Waals surface area contributed by atoms with E-state index >= 15 is 0 Å². The maximum atomic E-state index is 12.3. The first-order valence-electron chi connectivity index (χ1n) is 12.3. The van der Waals surface area contributed by atoms with Gasteiger partial charge in [0.2, 0.25) is 5.91 Å². The minimum Gasteiger partial charge on any atom is -0.497 e. The van der Waals surface area contributed by atoms with E-state index in [1.165, 1.54) is 16.0 Å². The number of carbonyl (C=O) groups excluding carboxylic acids is 1. The number of nitrogens with one attached hydrogen (secondary N) is 2. The number of hydrogen-bond donors (Lipinski definition) is 2. The molecule has 1 aliphatic carbocycles. The molecule has 0 saturated carbocycles. The van der Waals surface area contributed by atoms with E-state index in [-0.39, 0.29) is 11.9 Å². The lowest BCUT2D eigenvalue weighted by atomic mass is 9.76. The smallest absolute Gasteiger partial charge is 0.240 e. The van der Waals surface area contributed by atoms with Crippen molar-refractivity contribution in [2.24, 2.45) is 11.0 Å². The van der Waals surface area contributed by atoms with Crippen LogP contribution in [0.2, 0.25) is 0 Å². The number of carbonyl (C=O) groups is 1. The van der Waals surface area contributed by atoms with Gasteiger partial charge in [-0.25, -0.2) is 5.43 Å². The average molecular weight is 498 g/mol. The maximum absolute atomic E-state index is 12.3. The zero-order valence-electron chi connectivity index (χ0n) is 20.6. The van der Waals surface area contributed by atoms with Gasteiger partial charge >= 0.3 is 0 Å². The van der Waals surface area contributed by atoms with Gasteiger partial charge in [0.05, 0.1) is 18.9 Å². The second kappa shape index (κ2) is 11.0. The second-order valence-electron chi connectivity index (χ2n) is 9.19. The van der Waals surface area contributed by atoms with Crippen LogP contribution >= 0.6 is 11.8 Å². The number of anilines is 1. The molecular weight excluding hydrogens is 466 g/mol. The number of hydrazone groups is 1. The monoisotopic (exact) mass is 497 g/mol. The van der Waals surface area contributed by atoms with Crippen LogP contribution in [0.1, 0.15) is 48.4 Å². The molecule has 36 heavy (non-hydrogen) atoms. The summed E-state index contributed by atoms with van der Waals surface area (Å²) in [4.78, 5) is 13.5. The molecule has 0 bridgehead atoms. The van der Waals surface area contributed by atoms with Crippen molar-refractivity contribution in [3.8, 4) is 5.75 Å². The fourth-order valence-corrected chi connectivity index (χ4v) is 5.88. The lowest BCUT2D eigenvalue weighted by Crippen LogP contribution is -2.29. The van der Waals surface area contributed by atoms with Gasteiger partial charge in [-0.1, -0.05) is 48.6 Å².